The van der Waals surface area contributed by atoms with E-state index in [0.29, 0.717) is 17.5 Å². The molecule has 0 atom stereocenters. The van der Waals surface area contributed by atoms with Crippen LogP contribution in [0.2, 0.25) is 5.15 Å². The Morgan fingerprint density at radius 3 is 2.54 bits per heavy atom. The second-order valence-corrected chi connectivity index (χ2v) is 5.66. The van der Waals surface area contributed by atoms with Crippen molar-refractivity contribution >= 4 is 17.4 Å². The average Bonchev–Trinajstić information content (AvgIpc) is 2.60. The lowest BCUT2D eigenvalue weighted by molar-refractivity contribution is 0.414. The first-order valence-corrected chi connectivity index (χ1v) is 7.82. The highest BCUT2D eigenvalue weighted by Crippen LogP contribution is 2.25. The maximum absolute atomic E-state index is 13.4. The smallest absolute Gasteiger partial charge is 0.132 e. The van der Waals surface area contributed by atoms with E-state index >= 15 is 0 Å². The summed E-state index contributed by atoms with van der Waals surface area (Å²) in [7, 11) is 1.64. The Hall–Kier alpha value is -2.59. The van der Waals surface area contributed by atoms with Crippen LogP contribution in [0.4, 0.5) is 10.2 Å². The van der Waals surface area contributed by atoms with Crippen LogP contribution in [-0.4, -0.2) is 12.1 Å². The summed E-state index contributed by atoms with van der Waals surface area (Å²) in [6, 6.07) is 17.7. The minimum Gasteiger partial charge on any atom is -0.497 e. The van der Waals surface area contributed by atoms with E-state index in [-0.39, 0.29) is 5.82 Å². The molecule has 0 aliphatic carbocycles. The molecule has 2 aromatic carbocycles. The maximum atomic E-state index is 13.4. The van der Waals surface area contributed by atoms with Crippen LogP contribution in [0.5, 0.6) is 5.75 Å². The van der Waals surface area contributed by atoms with Crippen LogP contribution in [0.15, 0.2) is 60.7 Å². The summed E-state index contributed by atoms with van der Waals surface area (Å²) >= 11 is 6.10. The number of ether oxygens (including phenoxy) is 1. The van der Waals surface area contributed by atoms with Crippen LogP contribution in [0.3, 0.4) is 0 Å². The molecule has 0 saturated carbocycles. The zero-order chi connectivity index (χ0) is 16.9. The molecule has 0 bridgehead atoms. The Bertz CT molecular complexity index is 837. The topological polar surface area (TPSA) is 34.1 Å². The van der Waals surface area contributed by atoms with Crippen LogP contribution in [0.25, 0.3) is 11.1 Å². The average molecular weight is 343 g/mol. The number of benzene rings is 2. The number of pyridine rings is 1. The molecule has 0 spiro atoms. The standard InChI is InChI=1S/C19H16ClFN2O/c1-24-17-7-5-13(6-8-17)12-22-19-11-15(10-18(20)23-19)14-3-2-4-16(21)9-14/h2-11H,12H2,1H3,(H,22,23). The fraction of sp³-hybridized carbons (Fsp3) is 0.105. The first-order valence-electron chi connectivity index (χ1n) is 7.44. The number of hydrogen-bond donors (Lipinski definition) is 1. The third kappa shape index (κ3) is 4.03. The van der Waals surface area contributed by atoms with Gasteiger partial charge in [-0.2, -0.15) is 0 Å². The molecule has 0 saturated heterocycles. The predicted molar refractivity (Wildman–Crippen MR) is 95.0 cm³/mol. The van der Waals surface area contributed by atoms with Crippen molar-refractivity contribution in [3.05, 3.63) is 77.2 Å². The fourth-order valence-corrected chi connectivity index (χ4v) is 2.57. The number of methoxy groups -OCH3 is 1. The van der Waals surface area contributed by atoms with E-state index in [4.69, 9.17) is 16.3 Å². The lowest BCUT2D eigenvalue weighted by Gasteiger charge is -2.09. The highest BCUT2D eigenvalue weighted by molar-refractivity contribution is 6.29. The lowest BCUT2D eigenvalue weighted by Crippen LogP contribution is -2.01. The Kier molecular flexibility index (Phi) is 4.96. The van der Waals surface area contributed by atoms with E-state index in [2.05, 4.69) is 10.3 Å². The monoisotopic (exact) mass is 342 g/mol. The van der Waals surface area contributed by atoms with Gasteiger partial charge in [-0.25, -0.2) is 9.37 Å². The third-order valence-corrected chi connectivity index (χ3v) is 3.78. The van der Waals surface area contributed by atoms with Crippen LogP contribution < -0.4 is 10.1 Å². The van der Waals surface area contributed by atoms with Crippen molar-refractivity contribution in [1.29, 1.82) is 0 Å². The summed E-state index contributed by atoms with van der Waals surface area (Å²) in [5.74, 6) is 1.17. The molecule has 5 heteroatoms. The molecule has 1 aromatic heterocycles. The third-order valence-electron chi connectivity index (χ3n) is 3.58. The molecule has 0 aliphatic rings. The highest BCUT2D eigenvalue weighted by Gasteiger charge is 2.05. The van der Waals surface area contributed by atoms with Gasteiger partial charge >= 0.3 is 0 Å². The van der Waals surface area contributed by atoms with Crippen LogP contribution >= 0.6 is 11.6 Å². The normalized spacial score (nSPS) is 10.5. The first kappa shape index (κ1) is 16.3. The molecule has 0 fully saturated rings. The Morgan fingerprint density at radius 1 is 1.04 bits per heavy atom. The Balaban J connectivity index is 1.78. The van der Waals surface area contributed by atoms with Gasteiger partial charge in [0.2, 0.25) is 0 Å². The van der Waals surface area contributed by atoms with E-state index in [1.54, 1.807) is 19.2 Å². The summed E-state index contributed by atoms with van der Waals surface area (Å²) in [6.45, 7) is 0.597. The predicted octanol–water partition coefficient (Wildman–Crippen LogP) is 5.16. The van der Waals surface area contributed by atoms with Gasteiger partial charge in [0, 0.05) is 6.54 Å². The van der Waals surface area contributed by atoms with Crippen molar-refractivity contribution in [2.24, 2.45) is 0 Å². The largest absolute Gasteiger partial charge is 0.497 e. The van der Waals surface area contributed by atoms with Crippen molar-refractivity contribution in [3.63, 3.8) is 0 Å². The molecule has 122 valence electrons. The lowest BCUT2D eigenvalue weighted by atomic mass is 10.1. The van der Waals surface area contributed by atoms with E-state index in [1.807, 2.05) is 36.4 Å². The van der Waals surface area contributed by atoms with Crippen LogP contribution in [0.1, 0.15) is 5.56 Å². The molecule has 1 N–H and O–H groups in total. The van der Waals surface area contributed by atoms with Crippen molar-refractivity contribution in [2.45, 2.75) is 6.54 Å². The number of anilines is 1. The number of halogens is 2. The van der Waals surface area contributed by atoms with Gasteiger partial charge in [0.15, 0.2) is 0 Å². The first-order chi connectivity index (χ1) is 11.6. The zero-order valence-corrected chi connectivity index (χ0v) is 13.8. The summed E-state index contributed by atoms with van der Waals surface area (Å²) in [6.07, 6.45) is 0. The summed E-state index contributed by atoms with van der Waals surface area (Å²) in [4.78, 5) is 4.27. The summed E-state index contributed by atoms with van der Waals surface area (Å²) in [5.41, 5.74) is 2.66. The number of rotatable bonds is 5. The molecule has 3 rings (SSSR count). The molecule has 1 heterocycles. The number of nitrogens with zero attached hydrogens (tertiary/aromatic N) is 1. The molecule has 3 aromatic rings. The van der Waals surface area contributed by atoms with Crippen LogP contribution in [-0.2, 0) is 6.54 Å². The van der Waals surface area contributed by atoms with Gasteiger partial charge in [0.1, 0.15) is 22.5 Å². The molecule has 0 radical (unpaired) electrons. The van der Waals surface area contributed by atoms with Crippen molar-refractivity contribution in [2.75, 3.05) is 12.4 Å². The second kappa shape index (κ2) is 7.32. The molecule has 24 heavy (non-hydrogen) atoms. The van der Waals surface area contributed by atoms with E-state index in [0.717, 1.165) is 22.4 Å². The molecular formula is C19H16ClFN2O. The fourth-order valence-electron chi connectivity index (χ4n) is 2.36. The molecular weight excluding hydrogens is 327 g/mol. The van der Waals surface area contributed by atoms with E-state index in [1.165, 1.54) is 12.1 Å². The van der Waals surface area contributed by atoms with Crippen molar-refractivity contribution in [1.82, 2.24) is 4.98 Å². The quantitative estimate of drug-likeness (QED) is 0.650. The summed E-state index contributed by atoms with van der Waals surface area (Å²) < 4.78 is 18.6. The zero-order valence-electron chi connectivity index (χ0n) is 13.1. The summed E-state index contributed by atoms with van der Waals surface area (Å²) in [5, 5.41) is 3.59. The van der Waals surface area contributed by atoms with Gasteiger partial charge in [-0.1, -0.05) is 35.9 Å². The minimum absolute atomic E-state index is 0.284. The maximum Gasteiger partial charge on any atom is 0.132 e. The van der Waals surface area contributed by atoms with Crippen LogP contribution in [0, 0.1) is 5.82 Å². The Labute approximate surface area is 145 Å². The van der Waals surface area contributed by atoms with Crippen molar-refractivity contribution < 1.29 is 9.13 Å². The van der Waals surface area contributed by atoms with Gasteiger partial charge in [0.05, 0.1) is 7.11 Å². The molecule has 0 aliphatic heterocycles. The van der Waals surface area contributed by atoms with Gasteiger partial charge in [0.25, 0.3) is 0 Å². The molecule has 3 nitrogen and oxygen atoms in total. The van der Waals surface area contributed by atoms with Gasteiger partial charge in [-0.05, 0) is 53.1 Å². The number of hydrogen-bond acceptors (Lipinski definition) is 3. The number of aromatic nitrogens is 1. The number of nitrogens with one attached hydrogen (secondary N) is 1. The molecule has 0 amide bonds. The van der Waals surface area contributed by atoms with E-state index < -0.39 is 0 Å². The Morgan fingerprint density at radius 2 is 1.83 bits per heavy atom. The minimum atomic E-state index is -0.284. The highest BCUT2D eigenvalue weighted by atomic mass is 35.5. The van der Waals surface area contributed by atoms with Gasteiger partial charge < -0.3 is 10.1 Å². The SMILES string of the molecule is COc1ccc(CNc2cc(-c3cccc(F)c3)cc(Cl)n2)cc1. The van der Waals surface area contributed by atoms with E-state index in [9.17, 15) is 4.39 Å². The second-order valence-electron chi connectivity index (χ2n) is 5.28. The van der Waals surface area contributed by atoms with Gasteiger partial charge in [-0.3, -0.25) is 0 Å². The van der Waals surface area contributed by atoms with Gasteiger partial charge in [-0.15, -0.1) is 0 Å². The van der Waals surface area contributed by atoms with Crippen molar-refractivity contribution in [3.8, 4) is 16.9 Å². The molecule has 0 unspecified atom stereocenters.